The van der Waals surface area contributed by atoms with Crippen molar-refractivity contribution in [2.75, 3.05) is 0 Å². The monoisotopic (exact) mass is 266 g/mol. The second-order valence-corrected chi connectivity index (χ2v) is 4.81. The van der Waals surface area contributed by atoms with Crippen molar-refractivity contribution < 1.29 is 0 Å². The summed E-state index contributed by atoms with van der Waals surface area (Å²) in [5, 5.41) is 2.44. The standard InChI is InChI=1S/C16H14N2S/c1-11-9-15(18-16(10-19)17-11)14-8-4-6-12-5-2-3-7-13(12)14/h2-9,19H,10H2,1H3. The number of benzene rings is 2. The van der Waals surface area contributed by atoms with Crippen molar-refractivity contribution in [3.05, 3.63) is 60.0 Å². The molecule has 0 amide bonds. The molecule has 0 aliphatic rings. The van der Waals surface area contributed by atoms with Gasteiger partial charge in [0.15, 0.2) is 0 Å². The molecule has 0 radical (unpaired) electrons. The lowest BCUT2D eigenvalue weighted by molar-refractivity contribution is 1.00. The molecular formula is C16H14N2S. The Morgan fingerprint density at radius 3 is 2.63 bits per heavy atom. The molecule has 0 aliphatic carbocycles. The van der Waals surface area contributed by atoms with E-state index in [1.807, 2.05) is 13.0 Å². The molecule has 2 nitrogen and oxygen atoms in total. The van der Waals surface area contributed by atoms with Crippen molar-refractivity contribution in [2.45, 2.75) is 12.7 Å². The molecule has 19 heavy (non-hydrogen) atoms. The fourth-order valence-electron chi connectivity index (χ4n) is 2.29. The third-order valence-electron chi connectivity index (χ3n) is 3.11. The molecule has 2 aromatic carbocycles. The Morgan fingerprint density at radius 1 is 1.00 bits per heavy atom. The third-order valence-corrected chi connectivity index (χ3v) is 3.39. The predicted molar refractivity (Wildman–Crippen MR) is 82.4 cm³/mol. The Morgan fingerprint density at radius 2 is 1.79 bits per heavy atom. The molecule has 3 heteroatoms. The molecule has 0 spiro atoms. The van der Waals surface area contributed by atoms with E-state index in [2.05, 4.69) is 65.1 Å². The number of thiol groups is 1. The summed E-state index contributed by atoms with van der Waals surface area (Å²) in [4.78, 5) is 8.96. The van der Waals surface area contributed by atoms with Gasteiger partial charge in [0.2, 0.25) is 0 Å². The van der Waals surface area contributed by atoms with Crippen molar-refractivity contribution in [1.29, 1.82) is 0 Å². The minimum Gasteiger partial charge on any atom is -0.237 e. The Labute approximate surface area is 117 Å². The van der Waals surface area contributed by atoms with Crippen LogP contribution in [-0.2, 0) is 5.75 Å². The number of aryl methyl sites for hydroxylation is 1. The van der Waals surface area contributed by atoms with E-state index in [0.717, 1.165) is 22.8 Å². The Balaban J connectivity index is 2.27. The number of hydrogen-bond donors (Lipinski definition) is 1. The molecule has 0 saturated carbocycles. The van der Waals surface area contributed by atoms with Crippen LogP contribution >= 0.6 is 12.6 Å². The van der Waals surface area contributed by atoms with Crippen LogP contribution in [0.25, 0.3) is 22.0 Å². The normalized spacial score (nSPS) is 10.8. The van der Waals surface area contributed by atoms with E-state index in [9.17, 15) is 0 Å². The van der Waals surface area contributed by atoms with E-state index in [4.69, 9.17) is 0 Å². The molecule has 0 N–H and O–H groups in total. The largest absolute Gasteiger partial charge is 0.237 e. The van der Waals surface area contributed by atoms with E-state index in [1.165, 1.54) is 10.8 Å². The first kappa shape index (κ1) is 12.2. The molecule has 0 saturated heterocycles. The SMILES string of the molecule is Cc1cc(-c2cccc3ccccc23)nc(CS)n1. The molecular weight excluding hydrogens is 252 g/mol. The van der Waals surface area contributed by atoms with Crippen molar-refractivity contribution in [2.24, 2.45) is 0 Å². The maximum Gasteiger partial charge on any atom is 0.138 e. The average Bonchev–Trinajstić information content (AvgIpc) is 2.46. The van der Waals surface area contributed by atoms with Crippen LogP contribution in [0.5, 0.6) is 0 Å². The quantitative estimate of drug-likeness (QED) is 0.708. The van der Waals surface area contributed by atoms with Crippen molar-refractivity contribution >= 4 is 23.4 Å². The number of hydrogen-bond acceptors (Lipinski definition) is 3. The van der Waals surface area contributed by atoms with Gasteiger partial charge < -0.3 is 0 Å². The van der Waals surface area contributed by atoms with Gasteiger partial charge in [0.25, 0.3) is 0 Å². The van der Waals surface area contributed by atoms with Crippen molar-refractivity contribution in [1.82, 2.24) is 9.97 Å². The number of fused-ring (bicyclic) bond motifs is 1. The number of rotatable bonds is 2. The molecule has 1 heterocycles. The lowest BCUT2D eigenvalue weighted by Crippen LogP contribution is -1.97. The Kier molecular flexibility index (Phi) is 3.22. The van der Waals surface area contributed by atoms with Crippen LogP contribution in [0.15, 0.2) is 48.5 Å². The third kappa shape index (κ3) is 2.34. The van der Waals surface area contributed by atoms with E-state index in [0.29, 0.717) is 5.75 Å². The highest BCUT2D eigenvalue weighted by Crippen LogP contribution is 2.27. The highest BCUT2D eigenvalue weighted by Gasteiger charge is 2.07. The molecule has 1 aromatic heterocycles. The maximum absolute atomic E-state index is 4.58. The second kappa shape index (κ2) is 5.02. The fourth-order valence-corrected chi connectivity index (χ4v) is 2.43. The minimum absolute atomic E-state index is 0.555. The first-order chi connectivity index (χ1) is 9.28. The molecule has 3 aromatic rings. The fraction of sp³-hybridized carbons (Fsp3) is 0.125. The molecule has 0 bridgehead atoms. The number of aromatic nitrogens is 2. The lowest BCUT2D eigenvalue weighted by atomic mass is 10.0. The zero-order valence-electron chi connectivity index (χ0n) is 10.7. The van der Waals surface area contributed by atoms with E-state index >= 15 is 0 Å². The van der Waals surface area contributed by atoms with Crippen LogP contribution in [0, 0.1) is 6.92 Å². The van der Waals surface area contributed by atoms with Gasteiger partial charge in [-0.05, 0) is 23.8 Å². The molecule has 0 unspecified atom stereocenters. The van der Waals surface area contributed by atoms with Gasteiger partial charge in [-0.2, -0.15) is 12.6 Å². The van der Waals surface area contributed by atoms with Gasteiger partial charge in [-0.15, -0.1) is 0 Å². The van der Waals surface area contributed by atoms with Gasteiger partial charge in [0, 0.05) is 11.3 Å². The smallest absolute Gasteiger partial charge is 0.138 e. The lowest BCUT2D eigenvalue weighted by Gasteiger charge is -2.08. The molecule has 3 rings (SSSR count). The summed E-state index contributed by atoms with van der Waals surface area (Å²) < 4.78 is 0. The van der Waals surface area contributed by atoms with Gasteiger partial charge in [-0.25, -0.2) is 9.97 Å². The van der Waals surface area contributed by atoms with Crippen LogP contribution in [0.1, 0.15) is 11.5 Å². The zero-order chi connectivity index (χ0) is 13.2. The predicted octanol–water partition coefficient (Wildman–Crippen LogP) is 4.04. The van der Waals surface area contributed by atoms with Gasteiger partial charge >= 0.3 is 0 Å². The molecule has 0 aliphatic heterocycles. The zero-order valence-corrected chi connectivity index (χ0v) is 11.6. The Bertz CT molecular complexity index is 732. The maximum atomic E-state index is 4.58. The van der Waals surface area contributed by atoms with Crippen LogP contribution in [-0.4, -0.2) is 9.97 Å². The van der Waals surface area contributed by atoms with E-state index in [1.54, 1.807) is 0 Å². The first-order valence-corrected chi connectivity index (χ1v) is 6.85. The van der Waals surface area contributed by atoms with Gasteiger partial charge in [-0.1, -0.05) is 42.5 Å². The van der Waals surface area contributed by atoms with E-state index in [-0.39, 0.29) is 0 Å². The minimum atomic E-state index is 0.555. The van der Waals surface area contributed by atoms with Crippen LogP contribution in [0.4, 0.5) is 0 Å². The average molecular weight is 266 g/mol. The van der Waals surface area contributed by atoms with Crippen LogP contribution < -0.4 is 0 Å². The summed E-state index contributed by atoms with van der Waals surface area (Å²) in [6.07, 6.45) is 0. The van der Waals surface area contributed by atoms with Crippen LogP contribution in [0.2, 0.25) is 0 Å². The molecule has 0 atom stereocenters. The summed E-state index contributed by atoms with van der Waals surface area (Å²) in [6.45, 7) is 1.99. The summed E-state index contributed by atoms with van der Waals surface area (Å²) in [5.74, 6) is 1.32. The van der Waals surface area contributed by atoms with Gasteiger partial charge in [0.1, 0.15) is 5.82 Å². The molecule has 0 fully saturated rings. The summed E-state index contributed by atoms with van der Waals surface area (Å²) in [7, 11) is 0. The first-order valence-electron chi connectivity index (χ1n) is 6.21. The Hall–Kier alpha value is -1.87. The highest BCUT2D eigenvalue weighted by molar-refractivity contribution is 7.79. The summed E-state index contributed by atoms with van der Waals surface area (Å²) >= 11 is 4.27. The van der Waals surface area contributed by atoms with Gasteiger partial charge in [-0.3, -0.25) is 0 Å². The highest BCUT2D eigenvalue weighted by atomic mass is 32.1. The van der Waals surface area contributed by atoms with Crippen molar-refractivity contribution in [3.63, 3.8) is 0 Å². The second-order valence-electron chi connectivity index (χ2n) is 4.50. The number of nitrogens with zero attached hydrogens (tertiary/aromatic N) is 2. The summed E-state index contributed by atoms with van der Waals surface area (Å²) in [6, 6.07) is 16.7. The molecule has 94 valence electrons. The summed E-state index contributed by atoms with van der Waals surface area (Å²) in [5.41, 5.74) is 3.09. The van der Waals surface area contributed by atoms with Gasteiger partial charge in [0.05, 0.1) is 11.4 Å². The van der Waals surface area contributed by atoms with Crippen LogP contribution in [0.3, 0.4) is 0 Å². The van der Waals surface area contributed by atoms with E-state index < -0.39 is 0 Å². The van der Waals surface area contributed by atoms with Crippen molar-refractivity contribution in [3.8, 4) is 11.3 Å². The topological polar surface area (TPSA) is 25.8 Å².